The number of hydrogen-bond donors (Lipinski definition) is 2. The van der Waals surface area contributed by atoms with Gasteiger partial charge in [-0.05, 0) is 0 Å². The highest BCUT2D eigenvalue weighted by Gasteiger charge is 1.81. The molecule has 9 heavy (non-hydrogen) atoms. The smallest absolute Gasteiger partial charge is 0.317 e. The first-order valence-electron chi connectivity index (χ1n) is 2.17. The van der Waals surface area contributed by atoms with Crippen LogP contribution in [0.25, 0.3) is 0 Å². The van der Waals surface area contributed by atoms with Crippen molar-refractivity contribution in [1.29, 1.82) is 0 Å². The fourth-order valence-electron chi connectivity index (χ4n) is 0. The van der Waals surface area contributed by atoms with E-state index in [0.29, 0.717) is 0 Å². The van der Waals surface area contributed by atoms with Crippen LogP contribution in [0.5, 0.6) is 0 Å². The van der Waals surface area contributed by atoms with E-state index in [4.69, 9.17) is 5.11 Å². The number of carboxylic acids is 1. The van der Waals surface area contributed by atoms with Gasteiger partial charge in [-0.15, -0.1) is 0 Å². The minimum Gasteiger partial charge on any atom is -0.480 e. The Morgan fingerprint density at radius 2 is 1.78 bits per heavy atom. The molecule has 0 spiro atoms. The summed E-state index contributed by atoms with van der Waals surface area (Å²) in [5, 5.41) is 7.60. The maximum Gasteiger partial charge on any atom is 0.317 e. The first-order chi connectivity index (χ1) is 4.00. The Morgan fingerprint density at radius 1 is 1.67 bits per heavy atom. The van der Waals surface area contributed by atoms with Crippen molar-refractivity contribution in [2.45, 2.75) is 0 Å². The molecular weight excluding hydrogens is 142 g/mol. The summed E-state index contributed by atoms with van der Waals surface area (Å²) in [6.07, 6.45) is 3.28. The van der Waals surface area contributed by atoms with Gasteiger partial charge in [-0.25, -0.2) is 0 Å². The second-order valence-electron chi connectivity index (χ2n) is 1.34. The number of carboxylic acid groups (broad SMARTS) is 1. The normalized spacial score (nSPS) is 8.00. The molecule has 0 saturated heterocycles. The number of nitrogens with two attached hydrogens (primary N) is 1. The van der Waals surface area contributed by atoms with Crippen molar-refractivity contribution in [1.82, 2.24) is 0 Å². The largest absolute Gasteiger partial charge is 0.480 e. The Hall–Kier alpha value is -0.420. The average molecular weight is 153 g/mol. The van der Waals surface area contributed by atoms with Gasteiger partial charge in [0.05, 0.1) is 6.54 Å². The van der Waals surface area contributed by atoms with Crippen molar-refractivity contribution in [3.05, 3.63) is 0 Å². The first kappa shape index (κ1) is 11.4. The third-order valence-corrected chi connectivity index (χ3v) is 0.175. The molecule has 4 nitrogen and oxygen atoms in total. The molecule has 0 aromatic rings. The number of aliphatic carboxylic acids is 1. The lowest BCUT2D eigenvalue weighted by atomic mass is 10.7. The van der Waals surface area contributed by atoms with Crippen LogP contribution in [-0.2, 0) is 15.6 Å². The predicted octanol–water partition coefficient (Wildman–Crippen LogP) is -0.976. The van der Waals surface area contributed by atoms with Gasteiger partial charge in [0, 0.05) is 23.3 Å². The van der Waals surface area contributed by atoms with Crippen molar-refractivity contribution in [2.24, 2.45) is 5.73 Å². The Balaban J connectivity index is 0. The van der Waals surface area contributed by atoms with Crippen LogP contribution in [0.15, 0.2) is 0 Å². The summed E-state index contributed by atoms with van der Waals surface area (Å²) >= 11 is 0. The highest BCUT2D eigenvalue weighted by Crippen LogP contribution is 1.47. The summed E-state index contributed by atoms with van der Waals surface area (Å²) in [5.74, 6) is -0.968. The van der Waals surface area contributed by atoms with Crippen LogP contribution >= 0.6 is 0 Å². The van der Waals surface area contributed by atoms with Gasteiger partial charge in [0.15, 0.2) is 0 Å². The van der Waals surface area contributed by atoms with Gasteiger partial charge in [0.1, 0.15) is 0 Å². The summed E-state index contributed by atoms with van der Waals surface area (Å²) in [6, 6.07) is 0. The van der Waals surface area contributed by atoms with Crippen molar-refractivity contribution in [3.63, 3.8) is 0 Å². The molecular formula is C4H11NO3S. The van der Waals surface area contributed by atoms with Crippen molar-refractivity contribution < 1.29 is 14.1 Å². The molecule has 0 aromatic heterocycles. The molecule has 0 rings (SSSR count). The highest BCUT2D eigenvalue weighted by molar-refractivity contribution is 7.83. The zero-order valence-corrected chi connectivity index (χ0v) is 6.27. The van der Waals surface area contributed by atoms with Gasteiger partial charge in [-0.3, -0.25) is 9.00 Å². The van der Waals surface area contributed by atoms with Crippen LogP contribution in [0.4, 0.5) is 0 Å². The van der Waals surface area contributed by atoms with E-state index < -0.39 is 16.8 Å². The molecule has 0 saturated carbocycles. The summed E-state index contributed by atoms with van der Waals surface area (Å²) in [7, 11) is -0.611. The first-order valence-corrected chi connectivity index (χ1v) is 4.14. The van der Waals surface area contributed by atoms with E-state index in [-0.39, 0.29) is 6.54 Å². The summed E-state index contributed by atoms with van der Waals surface area (Å²) in [5.41, 5.74) is 4.57. The molecule has 56 valence electrons. The van der Waals surface area contributed by atoms with Crippen LogP contribution in [0.2, 0.25) is 0 Å². The molecule has 0 aliphatic heterocycles. The zero-order valence-electron chi connectivity index (χ0n) is 5.46. The maximum atomic E-state index is 9.56. The highest BCUT2D eigenvalue weighted by atomic mass is 32.2. The number of carbonyl (C=O) groups is 1. The van der Waals surface area contributed by atoms with E-state index in [9.17, 15) is 9.00 Å². The third kappa shape index (κ3) is 94.5. The number of hydrogen-bond acceptors (Lipinski definition) is 3. The lowest BCUT2D eigenvalue weighted by molar-refractivity contribution is -0.135. The van der Waals surface area contributed by atoms with Crippen LogP contribution in [0, 0.1) is 0 Å². The molecule has 0 unspecified atom stereocenters. The summed E-state index contributed by atoms with van der Waals surface area (Å²) in [4.78, 5) is 9.24. The minimum atomic E-state index is -0.968. The van der Waals surface area contributed by atoms with Gasteiger partial charge >= 0.3 is 5.97 Å². The van der Waals surface area contributed by atoms with Gasteiger partial charge in [-0.2, -0.15) is 0 Å². The van der Waals surface area contributed by atoms with Crippen molar-refractivity contribution in [2.75, 3.05) is 19.1 Å². The van der Waals surface area contributed by atoms with Gasteiger partial charge in [0.25, 0.3) is 0 Å². The van der Waals surface area contributed by atoms with Crippen LogP contribution < -0.4 is 5.73 Å². The molecule has 0 heterocycles. The van der Waals surface area contributed by atoms with Crippen molar-refractivity contribution in [3.8, 4) is 0 Å². The molecule has 0 aromatic carbocycles. The van der Waals surface area contributed by atoms with Gasteiger partial charge in [0.2, 0.25) is 0 Å². The third-order valence-electron chi connectivity index (χ3n) is 0.175. The van der Waals surface area contributed by atoms with E-state index >= 15 is 0 Å². The second kappa shape index (κ2) is 7.58. The Morgan fingerprint density at radius 3 is 1.78 bits per heavy atom. The summed E-state index contributed by atoms with van der Waals surface area (Å²) in [6.45, 7) is -0.278. The number of rotatable bonds is 1. The fraction of sp³-hybridized carbons (Fsp3) is 0.750. The van der Waals surface area contributed by atoms with E-state index in [1.807, 2.05) is 0 Å². The maximum absolute atomic E-state index is 9.56. The molecule has 0 aliphatic rings. The minimum absolute atomic E-state index is 0.278. The molecule has 0 aliphatic carbocycles. The molecule has 5 heteroatoms. The van der Waals surface area contributed by atoms with E-state index in [1.165, 1.54) is 0 Å². The molecule has 0 atom stereocenters. The van der Waals surface area contributed by atoms with Crippen LogP contribution in [0.1, 0.15) is 0 Å². The van der Waals surface area contributed by atoms with E-state index in [2.05, 4.69) is 5.73 Å². The van der Waals surface area contributed by atoms with Crippen LogP contribution in [-0.4, -0.2) is 34.3 Å². The Bertz CT molecular complexity index is 100.0. The molecule has 0 amide bonds. The Labute approximate surface area is 56.5 Å². The molecule has 0 bridgehead atoms. The van der Waals surface area contributed by atoms with E-state index in [0.717, 1.165) is 0 Å². The topological polar surface area (TPSA) is 80.4 Å². The molecule has 0 fully saturated rings. The lowest BCUT2D eigenvalue weighted by Crippen LogP contribution is -2.10. The predicted molar refractivity (Wildman–Crippen MR) is 36.7 cm³/mol. The lowest BCUT2D eigenvalue weighted by Gasteiger charge is -1.73. The Kier molecular flexibility index (Phi) is 9.59. The van der Waals surface area contributed by atoms with Crippen LogP contribution in [0.3, 0.4) is 0 Å². The second-order valence-corrected chi connectivity index (χ2v) is 2.82. The van der Waals surface area contributed by atoms with Gasteiger partial charge in [-0.1, -0.05) is 0 Å². The summed E-state index contributed by atoms with van der Waals surface area (Å²) < 4.78 is 9.56. The van der Waals surface area contributed by atoms with Crippen molar-refractivity contribution >= 4 is 16.8 Å². The monoisotopic (exact) mass is 153 g/mol. The van der Waals surface area contributed by atoms with E-state index in [1.54, 1.807) is 12.5 Å². The fourth-order valence-corrected chi connectivity index (χ4v) is 0. The molecule has 0 radical (unpaired) electrons. The van der Waals surface area contributed by atoms with Gasteiger partial charge < -0.3 is 10.8 Å². The zero-order chi connectivity index (χ0) is 7.86. The quantitative estimate of drug-likeness (QED) is 0.507. The standard InChI is InChI=1S/C2H5NO2.C2H6OS/c3-1-2(4)5;1-4(2)3/h1,3H2,(H,4,5);1-2H3. The SMILES string of the molecule is CS(C)=O.NCC(=O)O. The average Bonchev–Trinajstić information content (AvgIpc) is 1.65. The molecule has 3 N–H and O–H groups in total.